The first-order chi connectivity index (χ1) is 10.0. The summed E-state index contributed by atoms with van der Waals surface area (Å²) in [5, 5.41) is 15.0. The summed E-state index contributed by atoms with van der Waals surface area (Å²) >= 11 is 13.4. The summed E-state index contributed by atoms with van der Waals surface area (Å²) in [7, 11) is 1.41. The Balaban J connectivity index is 2.12. The summed E-state index contributed by atoms with van der Waals surface area (Å²) < 4.78 is 5.12. The molecule has 0 bridgehead atoms. The van der Waals surface area contributed by atoms with Crippen LogP contribution in [0.5, 0.6) is 5.75 Å². The Kier molecular flexibility index (Phi) is 5.47. The minimum absolute atomic E-state index is 0.0747. The van der Waals surface area contributed by atoms with Gasteiger partial charge in [-0.05, 0) is 23.6 Å². The van der Waals surface area contributed by atoms with Crippen molar-refractivity contribution in [3.8, 4) is 5.75 Å². The molecule has 0 radical (unpaired) electrons. The fourth-order valence-electron chi connectivity index (χ4n) is 1.80. The van der Waals surface area contributed by atoms with Crippen LogP contribution >= 0.6 is 34.5 Å². The zero-order valence-electron chi connectivity index (χ0n) is 11.1. The number of hydrogen-bond acceptors (Lipinski definition) is 4. The van der Waals surface area contributed by atoms with Crippen LogP contribution in [-0.4, -0.2) is 24.7 Å². The zero-order valence-corrected chi connectivity index (χ0v) is 13.4. The quantitative estimate of drug-likeness (QED) is 0.871. The number of carbonyl (C=O) groups is 1. The fraction of sp³-hybridized carbons (Fsp3) is 0.214. The molecule has 7 heteroatoms. The van der Waals surface area contributed by atoms with Crippen LogP contribution in [0, 0.1) is 0 Å². The molecule has 2 rings (SSSR count). The Morgan fingerprint density at radius 3 is 2.71 bits per heavy atom. The maximum atomic E-state index is 12.2. The number of hydrogen-bond donors (Lipinski definition) is 2. The van der Waals surface area contributed by atoms with E-state index in [1.807, 2.05) is 11.4 Å². The summed E-state index contributed by atoms with van der Waals surface area (Å²) in [6.45, 7) is 0.0747. The maximum Gasteiger partial charge on any atom is 0.256 e. The van der Waals surface area contributed by atoms with Crippen LogP contribution in [0.3, 0.4) is 0 Å². The third-order valence-corrected chi connectivity index (χ3v) is 4.40. The lowest BCUT2D eigenvalue weighted by Gasteiger charge is -2.14. The lowest BCUT2D eigenvalue weighted by molar-refractivity contribution is 0.0915. The predicted molar refractivity (Wildman–Crippen MR) is 84.6 cm³/mol. The first-order valence-electron chi connectivity index (χ1n) is 6.06. The van der Waals surface area contributed by atoms with Gasteiger partial charge < -0.3 is 15.2 Å². The molecule has 0 aliphatic rings. The number of benzene rings is 1. The number of rotatable bonds is 5. The monoisotopic (exact) mass is 345 g/mol. The molecule has 1 unspecified atom stereocenters. The standard InChI is InChI=1S/C14H13Cl2NO3S/c1-20-13-9(16)5-4-8(15)12(13)14(19)17-7-10(18)11-3-2-6-21-11/h2-6,10,18H,7H2,1H3,(H,17,19). The Morgan fingerprint density at radius 2 is 2.10 bits per heavy atom. The van der Waals surface area contributed by atoms with Crippen molar-refractivity contribution in [3.05, 3.63) is 50.1 Å². The highest BCUT2D eigenvalue weighted by Gasteiger charge is 2.20. The normalized spacial score (nSPS) is 12.0. The Labute approximate surface area is 136 Å². The van der Waals surface area contributed by atoms with Gasteiger partial charge in [0.05, 0.1) is 17.2 Å². The lowest BCUT2D eigenvalue weighted by atomic mass is 10.1. The van der Waals surface area contributed by atoms with Gasteiger partial charge in [0.1, 0.15) is 11.7 Å². The fourth-order valence-corrected chi connectivity index (χ4v) is 2.98. The zero-order chi connectivity index (χ0) is 15.4. The first kappa shape index (κ1) is 16.1. The highest BCUT2D eigenvalue weighted by molar-refractivity contribution is 7.10. The van der Waals surface area contributed by atoms with Crippen molar-refractivity contribution in [2.45, 2.75) is 6.10 Å². The van der Waals surface area contributed by atoms with Gasteiger partial charge in [0, 0.05) is 11.4 Å². The Bertz CT molecular complexity index is 631. The summed E-state index contributed by atoms with van der Waals surface area (Å²) in [6, 6.07) is 6.72. The molecular weight excluding hydrogens is 333 g/mol. The highest BCUT2D eigenvalue weighted by Crippen LogP contribution is 2.33. The number of carbonyl (C=O) groups excluding carboxylic acids is 1. The number of aliphatic hydroxyl groups is 1. The van der Waals surface area contributed by atoms with Gasteiger partial charge in [-0.1, -0.05) is 29.3 Å². The number of methoxy groups -OCH3 is 1. The van der Waals surface area contributed by atoms with E-state index in [1.165, 1.54) is 24.5 Å². The van der Waals surface area contributed by atoms with Crippen LogP contribution in [-0.2, 0) is 0 Å². The van der Waals surface area contributed by atoms with Crippen molar-refractivity contribution in [2.75, 3.05) is 13.7 Å². The average molecular weight is 346 g/mol. The molecule has 1 amide bonds. The second-order valence-electron chi connectivity index (χ2n) is 4.18. The third-order valence-electron chi connectivity index (χ3n) is 2.82. The predicted octanol–water partition coefficient (Wildman–Crippen LogP) is 3.53. The molecule has 0 spiro atoms. The smallest absolute Gasteiger partial charge is 0.256 e. The van der Waals surface area contributed by atoms with Crippen LogP contribution in [0.2, 0.25) is 10.0 Å². The van der Waals surface area contributed by atoms with E-state index in [9.17, 15) is 9.90 Å². The van der Waals surface area contributed by atoms with Gasteiger partial charge in [0.15, 0.2) is 5.75 Å². The molecule has 0 fully saturated rings. The molecule has 2 N–H and O–H groups in total. The third kappa shape index (κ3) is 3.68. The average Bonchev–Trinajstić information content (AvgIpc) is 3.00. The number of nitrogens with one attached hydrogen (secondary N) is 1. The Morgan fingerprint density at radius 1 is 1.38 bits per heavy atom. The van der Waals surface area contributed by atoms with E-state index < -0.39 is 12.0 Å². The van der Waals surface area contributed by atoms with Gasteiger partial charge in [0.2, 0.25) is 0 Å². The van der Waals surface area contributed by atoms with Crippen LogP contribution in [0.15, 0.2) is 29.6 Å². The number of halogens is 2. The molecule has 4 nitrogen and oxygen atoms in total. The van der Waals surface area contributed by atoms with Crippen molar-refractivity contribution in [3.63, 3.8) is 0 Å². The molecule has 1 heterocycles. The number of thiophene rings is 1. The van der Waals surface area contributed by atoms with E-state index in [1.54, 1.807) is 12.1 Å². The topological polar surface area (TPSA) is 58.6 Å². The van der Waals surface area contributed by atoms with Gasteiger partial charge in [-0.3, -0.25) is 4.79 Å². The van der Waals surface area contributed by atoms with E-state index in [-0.39, 0.29) is 22.9 Å². The molecule has 21 heavy (non-hydrogen) atoms. The van der Waals surface area contributed by atoms with Gasteiger partial charge in [-0.15, -0.1) is 11.3 Å². The van der Waals surface area contributed by atoms with E-state index >= 15 is 0 Å². The van der Waals surface area contributed by atoms with Gasteiger partial charge in [-0.25, -0.2) is 0 Å². The van der Waals surface area contributed by atoms with Gasteiger partial charge in [-0.2, -0.15) is 0 Å². The van der Waals surface area contributed by atoms with Crippen LogP contribution in [0.4, 0.5) is 0 Å². The summed E-state index contributed by atoms with van der Waals surface area (Å²) in [6.07, 6.45) is -0.766. The van der Waals surface area contributed by atoms with Crippen LogP contribution in [0.1, 0.15) is 21.3 Å². The molecule has 112 valence electrons. The minimum atomic E-state index is -0.766. The molecule has 1 aromatic heterocycles. The molecule has 1 aromatic carbocycles. The van der Waals surface area contributed by atoms with Crippen molar-refractivity contribution in [1.82, 2.24) is 5.32 Å². The second kappa shape index (κ2) is 7.13. The van der Waals surface area contributed by atoms with Crippen LogP contribution < -0.4 is 10.1 Å². The molecule has 1 atom stereocenters. The molecule has 2 aromatic rings. The van der Waals surface area contributed by atoms with Crippen molar-refractivity contribution in [1.29, 1.82) is 0 Å². The summed E-state index contributed by atoms with van der Waals surface area (Å²) in [5.74, 6) is -0.234. The largest absolute Gasteiger partial charge is 0.494 e. The maximum absolute atomic E-state index is 12.2. The molecule has 0 saturated carbocycles. The molecule has 0 aliphatic carbocycles. The van der Waals surface area contributed by atoms with Gasteiger partial charge >= 0.3 is 0 Å². The van der Waals surface area contributed by atoms with Crippen molar-refractivity contribution >= 4 is 40.4 Å². The van der Waals surface area contributed by atoms with Gasteiger partial charge in [0.25, 0.3) is 5.91 Å². The number of amides is 1. The SMILES string of the molecule is COc1c(Cl)ccc(Cl)c1C(=O)NCC(O)c1cccs1. The summed E-state index contributed by atoms with van der Waals surface area (Å²) in [5.41, 5.74) is 0.157. The minimum Gasteiger partial charge on any atom is -0.494 e. The summed E-state index contributed by atoms with van der Waals surface area (Å²) in [4.78, 5) is 13.0. The highest BCUT2D eigenvalue weighted by atomic mass is 35.5. The molecule has 0 saturated heterocycles. The van der Waals surface area contributed by atoms with Crippen molar-refractivity contribution < 1.29 is 14.6 Å². The molecule has 0 aliphatic heterocycles. The number of aliphatic hydroxyl groups excluding tert-OH is 1. The molecular formula is C14H13Cl2NO3S. The van der Waals surface area contributed by atoms with Crippen molar-refractivity contribution in [2.24, 2.45) is 0 Å². The number of ether oxygens (including phenoxy) is 1. The van der Waals surface area contributed by atoms with E-state index in [0.29, 0.717) is 5.02 Å². The van der Waals surface area contributed by atoms with E-state index in [2.05, 4.69) is 5.32 Å². The Hall–Kier alpha value is -1.27. The lowest BCUT2D eigenvalue weighted by Crippen LogP contribution is -2.28. The van der Waals surface area contributed by atoms with Crippen LogP contribution in [0.25, 0.3) is 0 Å². The second-order valence-corrected chi connectivity index (χ2v) is 5.97. The van der Waals surface area contributed by atoms with E-state index in [0.717, 1.165) is 4.88 Å². The first-order valence-corrected chi connectivity index (χ1v) is 7.69. The van der Waals surface area contributed by atoms with E-state index in [4.69, 9.17) is 27.9 Å².